The molecular weight excluding hydrogens is 257 g/mol. The van der Waals surface area contributed by atoms with Gasteiger partial charge in [-0.25, -0.2) is 4.90 Å². The summed E-state index contributed by atoms with van der Waals surface area (Å²) in [5, 5.41) is 0. The molecule has 0 saturated carbocycles. The number of anilines is 1. The molecule has 3 nitrogen and oxygen atoms in total. The second kappa shape index (κ2) is 5.05. The second-order valence-corrected chi connectivity index (χ2v) is 7.16. The van der Waals surface area contributed by atoms with Gasteiger partial charge in [0.1, 0.15) is 0 Å². The molecule has 0 aromatic heterocycles. The van der Waals surface area contributed by atoms with E-state index in [-0.39, 0.29) is 28.8 Å². The summed E-state index contributed by atoms with van der Waals surface area (Å²) in [5.41, 5.74) is 0.324. The molecular formula is C15H20NO2P. The molecule has 1 aliphatic heterocycles. The summed E-state index contributed by atoms with van der Waals surface area (Å²) >= 11 is 0. The Morgan fingerprint density at radius 1 is 1.05 bits per heavy atom. The summed E-state index contributed by atoms with van der Waals surface area (Å²) in [5.74, 6) is -0.316. The largest absolute Gasteiger partial charge is 0.274 e. The van der Waals surface area contributed by atoms with E-state index >= 15 is 0 Å². The van der Waals surface area contributed by atoms with E-state index in [9.17, 15) is 9.59 Å². The molecule has 0 N–H and O–H groups in total. The van der Waals surface area contributed by atoms with Crippen molar-refractivity contribution in [2.75, 3.05) is 11.6 Å². The number of nitrogens with zero attached hydrogens (tertiary/aromatic N) is 1. The molecule has 0 radical (unpaired) electrons. The van der Waals surface area contributed by atoms with Gasteiger partial charge < -0.3 is 0 Å². The molecule has 4 heteroatoms. The van der Waals surface area contributed by atoms with E-state index in [4.69, 9.17) is 0 Å². The van der Waals surface area contributed by atoms with Crippen LogP contribution in [0.1, 0.15) is 20.8 Å². The first kappa shape index (κ1) is 14.2. The molecule has 0 bridgehead atoms. The van der Waals surface area contributed by atoms with E-state index in [1.807, 2.05) is 57.8 Å². The van der Waals surface area contributed by atoms with Gasteiger partial charge in [0.05, 0.1) is 17.3 Å². The van der Waals surface area contributed by atoms with Crippen LogP contribution in [0.3, 0.4) is 0 Å². The number of para-hydroxylation sites is 1. The Morgan fingerprint density at radius 2 is 1.63 bits per heavy atom. The summed E-state index contributed by atoms with van der Waals surface area (Å²) in [6, 6.07) is 9.22. The normalized spacial score (nSPS) is 24.7. The van der Waals surface area contributed by atoms with Crippen molar-refractivity contribution < 1.29 is 9.59 Å². The Morgan fingerprint density at radius 3 is 2.05 bits per heavy atom. The Balaban J connectivity index is 2.44. The van der Waals surface area contributed by atoms with Crippen molar-refractivity contribution in [3.8, 4) is 0 Å². The van der Waals surface area contributed by atoms with Crippen LogP contribution >= 0.6 is 8.58 Å². The zero-order chi connectivity index (χ0) is 14.2. The molecule has 0 aliphatic carbocycles. The lowest BCUT2D eigenvalue weighted by Gasteiger charge is -2.28. The fraction of sp³-hybridized carbons (Fsp3) is 0.467. The third-order valence-corrected chi connectivity index (χ3v) is 4.77. The molecule has 1 aromatic rings. The van der Waals surface area contributed by atoms with Crippen molar-refractivity contribution in [2.45, 2.75) is 26.4 Å². The average Bonchev–Trinajstić information content (AvgIpc) is 2.61. The van der Waals surface area contributed by atoms with E-state index < -0.39 is 0 Å². The summed E-state index contributed by atoms with van der Waals surface area (Å²) in [6.45, 7) is 8.10. The van der Waals surface area contributed by atoms with E-state index in [0.29, 0.717) is 14.3 Å². The summed E-state index contributed by atoms with van der Waals surface area (Å²) < 4.78 is 0. The standard InChI is InChI=1S/C15H20NO2P/c1-15(2,3)11-12(19-4)14(18)16(13(11)17)10-8-6-5-7-9-10/h5-9,11-12,19H,1-4H3. The first-order chi connectivity index (χ1) is 8.88. The number of imide groups is 1. The first-order valence-electron chi connectivity index (χ1n) is 6.48. The van der Waals surface area contributed by atoms with Gasteiger partial charge in [-0.05, 0) is 24.2 Å². The smallest absolute Gasteiger partial charge is 0.241 e. The predicted molar refractivity (Wildman–Crippen MR) is 79.9 cm³/mol. The quantitative estimate of drug-likeness (QED) is 0.615. The van der Waals surface area contributed by atoms with Crippen LogP contribution in [-0.4, -0.2) is 24.1 Å². The number of rotatable bonds is 2. The van der Waals surface area contributed by atoms with Crippen molar-refractivity contribution >= 4 is 26.1 Å². The van der Waals surface area contributed by atoms with Crippen LogP contribution in [0.5, 0.6) is 0 Å². The molecule has 1 heterocycles. The van der Waals surface area contributed by atoms with Crippen LogP contribution in [0, 0.1) is 11.3 Å². The number of amides is 2. The highest BCUT2D eigenvalue weighted by Crippen LogP contribution is 2.44. The Bertz CT molecular complexity index is 493. The number of carbonyl (C=O) groups excluding carboxylic acids is 2. The van der Waals surface area contributed by atoms with Gasteiger partial charge in [-0.1, -0.05) is 39.0 Å². The van der Waals surface area contributed by atoms with Crippen molar-refractivity contribution in [3.05, 3.63) is 30.3 Å². The maximum atomic E-state index is 12.6. The van der Waals surface area contributed by atoms with E-state index in [1.54, 1.807) is 0 Å². The Kier molecular flexibility index (Phi) is 3.78. The minimum atomic E-state index is -0.219. The molecule has 1 aliphatic rings. The third-order valence-electron chi connectivity index (χ3n) is 3.56. The SMILES string of the molecule is CPC1C(=O)N(c2ccccc2)C(=O)C1C(C)(C)C. The van der Waals surface area contributed by atoms with E-state index in [0.717, 1.165) is 0 Å². The molecule has 3 unspecified atom stereocenters. The third kappa shape index (κ3) is 2.44. The minimum Gasteiger partial charge on any atom is -0.274 e. The highest BCUT2D eigenvalue weighted by molar-refractivity contribution is 7.39. The van der Waals surface area contributed by atoms with Crippen LogP contribution in [0.2, 0.25) is 0 Å². The van der Waals surface area contributed by atoms with Crippen LogP contribution in [-0.2, 0) is 9.59 Å². The van der Waals surface area contributed by atoms with E-state index in [2.05, 4.69) is 0 Å². The Hall–Kier alpha value is -1.21. The lowest BCUT2D eigenvalue weighted by atomic mass is 9.79. The maximum absolute atomic E-state index is 12.6. The monoisotopic (exact) mass is 277 g/mol. The van der Waals surface area contributed by atoms with E-state index in [1.165, 1.54) is 4.90 Å². The lowest BCUT2D eigenvalue weighted by Crippen LogP contribution is -2.34. The number of hydrogen-bond donors (Lipinski definition) is 0. The van der Waals surface area contributed by atoms with Gasteiger partial charge in [-0.3, -0.25) is 9.59 Å². The highest BCUT2D eigenvalue weighted by atomic mass is 31.1. The van der Waals surface area contributed by atoms with Crippen molar-refractivity contribution in [2.24, 2.45) is 11.3 Å². The molecule has 1 aromatic carbocycles. The summed E-state index contributed by atoms with van der Waals surface area (Å²) in [7, 11) is 0.450. The van der Waals surface area contributed by atoms with Gasteiger partial charge in [0.15, 0.2) is 0 Å². The number of benzene rings is 1. The summed E-state index contributed by atoms with van der Waals surface area (Å²) in [6.07, 6.45) is 0. The number of hydrogen-bond acceptors (Lipinski definition) is 2. The van der Waals surface area contributed by atoms with Crippen LogP contribution in [0.4, 0.5) is 5.69 Å². The molecule has 1 fully saturated rings. The molecule has 102 valence electrons. The van der Waals surface area contributed by atoms with Gasteiger partial charge in [-0.15, -0.1) is 8.58 Å². The first-order valence-corrected chi connectivity index (χ1v) is 8.06. The van der Waals surface area contributed by atoms with Gasteiger partial charge in [0.2, 0.25) is 11.8 Å². The molecule has 19 heavy (non-hydrogen) atoms. The van der Waals surface area contributed by atoms with Crippen molar-refractivity contribution in [1.29, 1.82) is 0 Å². The van der Waals surface area contributed by atoms with Gasteiger partial charge in [0, 0.05) is 0 Å². The fourth-order valence-electron chi connectivity index (χ4n) is 2.66. The zero-order valence-corrected chi connectivity index (χ0v) is 12.8. The minimum absolute atomic E-state index is 0.0445. The molecule has 2 amide bonds. The van der Waals surface area contributed by atoms with Crippen molar-refractivity contribution in [3.63, 3.8) is 0 Å². The van der Waals surface area contributed by atoms with Gasteiger partial charge in [-0.2, -0.15) is 0 Å². The highest BCUT2D eigenvalue weighted by Gasteiger charge is 2.52. The van der Waals surface area contributed by atoms with Crippen LogP contribution in [0.25, 0.3) is 0 Å². The van der Waals surface area contributed by atoms with Crippen LogP contribution in [0.15, 0.2) is 30.3 Å². The van der Waals surface area contributed by atoms with Gasteiger partial charge in [0.25, 0.3) is 0 Å². The fourth-order valence-corrected chi connectivity index (χ4v) is 4.02. The molecule has 2 rings (SSSR count). The topological polar surface area (TPSA) is 37.4 Å². The average molecular weight is 277 g/mol. The lowest BCUT2D eigenvalue weighted by molar-refractivity contribution is -0.123. The molecule has 1 saturated heterocycles. The predicted octanol–water partition coefficient (Wildman–Crippen LogP) is 2.90. The molecule has 3 atom stereocenters. The molecule has 0 spiro atoms. The second-order valence-electron chi connectivity index (χ2n) is 5.96. The van der Waals surface area contributed by atoms with Crippen molar-refractivity contribution in [1.82, 2.24) is 0 Å². The Labute approximate surface area is 116 Å². The maximum Gasteiger partial charge on any atom is 0.241 e. The zero-order valence-electron chi connectivity index (χ0n) is 11.8. The number of carbonyl (C=O) groups is 2. The van der Waals surface area contributed by atoms with Gasteiger partial charge >= 0.3 is 0 Å². The summed E-state index contributed by atoms with van der Waals surface area (Å²) in [4.78, 5) is 26.5. The van der Waals surface area contributed by atoms with Crippen LogP contribution < -0.4 is 4.90 Å².